The summed E-state index contributed by atoms with van der Waals surface area (Å²) in [6, 6.07) is 7.08. The molecule has 1 fully saturated rings. The number of halogens is 2. The molecule has 0 amide bonds. The van der Waals surface area contributed by atoms with Crippen LogP contribution in [0.2, 0.25) is 0 Å². The fraction of sp³-hybridized carbons (Fsp3) is 0.696. The topological polar surface area (TPSA) is 46.5 Å². The molecule has 0 aliphatic heterocycles. The van der Waals surface area contributed by atoms with Gasteiger partial charge in [0.05, 0.1) is 12.2 Å². The van der Waals surface area contributed by atoms with Crippen molar-refractivity contribution in [2.45, 2.75) is 89.6 Å². The van der Waals surface area contributed by atoms with Crippen molar-refractivity contribution in [3.63, 3.8) is 0 Å². The maximum absolute atomic E-state index is 12.6. The van der Waals surface area contributed by atoms with E-state index in [0.29, 0.717) is 5.92 Å². The van der Waals surface area contributed by atoms with Gasteiger partial charge in [-0.15, -0.1) is 0 Å². The molecule has 0 aromatic heterocycles. The van der Waals surface area contributed by atoms with Crippen LogP contribution in [0.4, 0.5) is 8.78 Å². The molecule has 1 aromatic rings. The number of aliphatic hydroxyl groups excluding tert-OH is 1. The number of rotatable bonds is 11. The Morgan fingerprint density at radius 3 is 2.29 bits per heavy atom. The minimum absolute atomic E-state index is 0.239. The van der Waals surface area contributed by atoms with Crippen LogP contribution in [0.3, 0.4) is 0 Å². The van der Waals surface area contributed by atoms with Crippen LogP contribution in [0.1, 0.15) is 93.0 Å². The molecule has 1 aromatic carbocycles. The summed E-state index contributed by atoms with van der Waals surface area (Å²) < 4.78 is 29.9. The minimum atomic E-state index is -2.89. The van der Waals surface area contributed by atoms with Gasteiger partial charge in [0.1, 0.15) is 0 Å². The van der Waals surface area contributed by atoms with E-state index in [1.165, 1.54) is 69.8 Å². The number of ether oxygens (including phenoxy) is 1. The van der Waals surface area contributed by atoms with Crippen LogP contribution >= 0.6 is 0 Å². The molecule has 28 heavy (non-hydrogen) atoms. The predicted molar refractivity (Wildman–Crippen MR) is 107 cm³/mol. The van der Waals surface area contributed by atoms with Crippen molar-refractivity contribution < 1.29 is 23.4 Å². The Hall–Kier alpha value is -1.49. The molecule has 1 aliphatic carbocycles. The van der Waals surface area contributed by atoms with Crippen LogP contribution in [0, 0.1) is 5.92 Å². The Balaban J connectivity index is 1.77. The van der Waals surface area contributed by atoms with Gasteiger partial charge in [-0.25, -0.2) is 13.6 Å². The van der Waals surface area contributed by atoms with Crippen molar-refractivity contribution in [1.82, 2.24) is 0 Å². The van der Waals surface area contributed by atoms with E-state index < -0.39 is 25.1 Å². The van der Waals surface area contributed by atoms with E-state index in [0.717, 1.165) is 5.92 Å². The molecular weight excluding hydrogens is 362 g/mol. The molecule has 1 atom stereocenters. The summed E-state index contributed by atoms with van der Waals surface area (Å²) >= 11 is 0. The molecule has 1 saturated carbocycles. The summed E-state index contributed by atoms with van der Waals surface area (Å²) in [5.74, 6) is 0.530. The fourth-order valence-corrected chi connectivity index (χ4v) is 4.09. The first-order valence-corrected chi connectivity index (χ1v) is 10.7. The normalized spacial score (nSPS) is 20.9. The van der Waals surface area contributed by atoms with E-state index in [9.17, 15) is 13.6 Å². The van der Waals surface area contributed by atoms with Crippen molar-refractivity contribution in [3.8, 4) is 0 Å². The van der Waals surface area contributed by atoms with Crippen LogP contribution < -0.4 is 0 Å². The average molecular weight is 397 g/mol. The van der Waals surface area contributed by atoms with Crippen LogP contribution in [-0.4, -0.2) is 30.2 Å². The predicted octanol–water partition coefficient (Wildman–Crippen LogP) is 6.10. The molecule has 2 rings (SSSR count). The Kier molecular flexibility index (Phi) is 9.89. The van der Waals surface area contributed by atoms with E-state index in [2.05, 4.69) is 11.7 Å². The van der Waals surface area contributed by atoms with Crippen molar-refractivity contribution in [2.75, 3.05) is 6.61 Å². The number of esters is 1. The standard InChI is InChI=1S/C23H34F2O3/c1-2-3-4-5-6-7-17-8-10-18(11-9-17)19-12-14-20(15-13-19)23(27)28-21(16-26)22(24)25/h12-15,17-18,21-22,26H,2-11,16H2,1H3. The highest BCUT2D eigenvalue weighted by atomic mass is 19.3. The maximum Gasteiger partial charge on any atom is 0.338 e. The van der Waals surface area contributed by atoms with Crippen LogP contribution in [0.15, 0.2) is 24.3 Å². The second-order valence-electron chi connectivity index (χ2n) is 8.00. The minimum Gasteiger partial charge on any atom is -0.450 e. The van der Waals surface area contributed by atoms with Gasteiger partial charge in [0.15, 0.2) is 6.10 Å². The van der Waals surface area contributed by atoms with Crippen LogP contribution in [0.25, 0.3) is 0 Å². The molecule has 1 N–H and O–H groups in total. The van der Waals surface area contributed by atoms with Crippen molar-refractivity contribution >= 4 is 5.97 Å². The fourth-order valence-electron chi connectivity index (χ4n) is 4.09. The third-order valence-corrected chi connectivity index (χ3v) is 5.90. The highest BCUT2D eigenvalue weighted by Crippen LogP contribution is 2.37. The number of carbonyl (C=O) groups excluding carboxylic acids is 1. The van der Waals surface area contributed by atoms with E-state index in [1.807, 2.05) is 12.1 Å². The van der Waals surface area contributed by atoms with Crippen LogP contribution in [0.5, 0.6) is 0 Å². The first-order valence-electron chi connectivity index (χ1n) is 10.7. The molecule has 3 nitrogen and oxygen atoms in total. The van der Waals surface area contributed by atoms with E-state index in [4.69, 9.17) is 5.11 Å². The lowest BCUT2D eigenvalue weighted by atomic mass is 9.77. The number of alkyl halides is 2. The zero-order valence-electron chi connectivity index (χ0n) is 16.9. The van der Waals surface area contributed by atoms with Gasteiger partial charge in [0.2, 0.25) is 0 Å². The van der Waals surface area contributed by atoms with Crippen molar-refractivity contribution in [2.24, 2.45) is 5.92 Å². The summed E-state index contributed by atoms with van der Waals surface area (Å²) in [6.07, 6.45) is 8.23. The number of carbonyl (C=O) groups is 1. The summed E-state index contributed by atoms with van der Waals surface area (Å²) in [5, 5.41) is 8.86. The third kappa shape index (κ3) is 7.16. The second-order valence-corrected chi connectivity index (χ2v) is 8.00. The highest BCUT2D eigenvalue weighted by Gasteiger charge is 2.25. The number of hydrogen-bond acceptors (Lipinski definition) is 3. The SMILES string of the molecule is CCCCCCCC1CCC(c2ccc(C(=O)OC(CO)C(F)F)cc2)CC1. The van der Waals surface area contributed by atoms with Crippen LogP contribution in [-0.2, 0) is 4.74 Å². The maximum atomic E-state index is 12.6. The third-order valence-electron chi connectivity index (χ3n) is 5.90. The molecule has 0 bridgehead atoms. The van der Waals surface area contributed by atoms with Crippen molar-refractivity contribution in [3.05, 3.63) is 35.4 Å². The molecule has 158 valence electrons. The lowest BCUT2D eigenvalue weighted by Gasteiger charge is -2.29. The molecular formula is C23H34F2O3. The van der Waals surface area contributed by atoms with E-state index in [1.54, 1.807) is 12.1 Å². The van der Waals surface area contributed by atoms with Gasteiger partial charge in [-0.1, -0.05) is 57.6 Å². The Labute approximate surface area is 167 Å². The second kappa shape index (κ2) is 12.2. The van der Waals surface area contributed by atoms with Gasteiger partial charge in [0, 0.05) is 0 Å². The lowest BCUT2D eigenvalue weighted by molar-refractivity contribution is -0.0546. The molecule has 0 spiro atoms. The van der Waals surface area contributed by atoms with Crippen molar-refractivity contribution in [1.29, 1.82) is 0 Å². The molecule has 1 aliphatic rings. The zero-order valence-corrected chi connectivity index (χ0v) is 16.9. The number of unbranched alkanes of at least 4 members (excludes halogenated alkanes) is 4. The molecule has 5 heteroatoms. The van der Waals surface area contributed by atoms with Gasteiger partial charge in [-0.2, -0.15) is 0 Å². The molecule has 0 radical (unpaired) electrons. The molecule has 1 unspecified atom stereocenters. The van der Waals surface area contributed by atoms with Gasteiger partial charge in [-0.3, -0.25) is 0 Å². The lowest BCUT2D eigenvalue weighted by Crippen LogP contribution is -2.29. The first kappa shape index (κ1) is 22.8. The smallest absolute Gasteiger partial charge is 0.338 e. The van der Waals surface area contributed by atoms with Gasteiger partial charge in [-0.05, 0) is 55.2 Å². The Morgan fingerprint density at radius 2 is 1.71 bits per heavy atom. The summed E-state index contributed by atoms with van der Waals surface area (Å²) in [4.78, 5) is 11.9. The summed E-state index contributed by atoms with van der Waals surface area (Å²) in [5.41, 5.74) is 1.44. The zero-order chi connectivity index (χ0) is 20.4. The van der Waals surface area contributed by atoms with Gasteiger partial charge >= 0.3 is 5.97 Å². The quantitative estimate of drug-likeness (QED) is 0.363. The Morgan fingerprint density at radius 1 is 1.07 bits per heavy atom. The van der Waals surface area contributed by atoms with E-state index >= 15 is 0 Å². The largest absolute Gasteiger partial charge is 0.450 e. The average Bonchev–Trinajstić information content (AvgIpc) is 2.72. The summed E-state index contributed by atoms with van der Waals surface area (Å²) in [6.45, 7) is 1.36. The molecule has 0 heterocycles. The van der Waals surface area contributed by atoms with Gasteiger partial charge in [0.25, 0.3) is 6.43 Å². The Bertz CT molecular complexity index is 566. The summed E-state index contributed by atoms with van der Waals surface area (Å²) in [7, 11) is 0. The van der Waals surface area contributed by atoms with Gasteiger partial charge < -0.3 is 9.84 Å². The number of benzene rings is 1. The first-order chi connectivity index (χ1) is 13.5. The monoisotopic (exact) mass is 396 g/mol. The highest BCUT2D eigenvalue weighted by molar-refractivity contribution is 5.89. The molecule has 0 saturated heterocycles. The number of aliphatic hydroxyl groups is 1. The van der Waals surface area contributed by atoms with E-state index in [-0.39, 0.29) is 5.56 Å². The number of hydrogen-bond donors (Lipinski definition) is 1.